The summed E-state index contributed by atoms with van der Waals surface area (Å²) in [4.78, 5) is 0.337. The van der Waals surface area contributed by atoms with Crippen LogP contribution >= 0.6 is 0 Å². The highest BCUT2D eigenvalue weighted by Crippen LogP contribution is 2.22. The van der Waals surface area contributed by atoms with Crippen LogP contribution in [0.4, 0.5) is 0 Å². The maximum Gasteiger partial charge on any atom is 0.243 e. The van der Waals surface area contributed by atoms with Gasteiger partial charge in [0.05, 0.1) is 11.4 Å². The fraction of sp³-hybridized carbons (Fsp3) is 0.304. The van der Waals surface area contributed by atoms with E-state index in [9.17, 15) is 8.42 Å². The first-order valence-corrected chi connectivity index (χ1v) is 11.0. The Balaban J connectivity index is 1.87. The van der Waals surface area contributed by atoms with Crippen molar-refractivity contribution in [3.05, 3.63) is 89.2 Å². The Labute approximate surface area is 168 Å². The molecule has 0 saturated carbocycles. The largest absolute Gasteiger partial charge is 0.346 e. The molecular formula is C23H28N2O2S. The van der Waals surface area contributed by atoms with E-state index in [-0.39, 0.29) is 6.04 Å². The molecule has 0 spiro atoms. The summed E-state index contributed by atoms with van der Waals surface area (Å²) in [6.45, 7) is 8.92. The van der Waals surface area contributed by atoms with Gasteiger partial charge < -0.3 is 4.57 Å². The van der Waals surface area contributed by atoms with E-state index in [0.29, 0.717) is 11.4 Å². The van der Waals surface area contributed by atoms with Gasteiger partial charge in [-0.15, -0.1) is 0 Å². The normalized spacial score (nSPS) is 12.1. The van der Waals surface area contributed by atoms with Crippen molar-refractivity contribution in [3.8, 4) is 0 Å². The second kappa shape index (κ2) is 8.33. The first-order chi connectivity index (χ1) is 13.3. The Kier molecular flexibility index (Phi) is 6.06. The standard InChI is InChI=1S/C23H28N2O2S/c1-18(2)25(28(26,27)23-13-9-20(4)10-14-23)17-22-6-5-15-24(22)16-21-11-7-19(3)8-12-21/h5-15,18H,16-17H2,1-4H3. The van der Waals surface area contributed by atoms with Crippen LogP contribution in [0.3, 0.4) is 0 Å². The molecule has 0 atom stereocenters. The highest BCUT2D eigenvalue weighted by molar-refractivity contribution is 7.89. The highest BCUT2D eigenvalue weighted by Gasteiger charge is 2.27. The molecule has 0 unspecified atom stereocenters. The summed E-state index contributed by atoms with van der Waals surface area (Å²) in [5.74, 6) is 0. The minimum Gasteiger partial charge on any atom is -0.346 e. The second-order valence-electron chi connectivity index (χ2n) is 7.57. The number of aryl methyl sites for hydroxylation is 2. The van der Waals surface area contributed by atoms with Crippen molar-refractivity contribution in [3.63, 3.8) is 0 Å². The van der Waals surface area contributed by atoms with Crippen LogP contribution in [0, 0.1) is 13.8 Å². The van der Waals surface area contributed by atoms with Gasteiger partial charge in [0.25, 0.3) is 0 Å². The van der Waals surface area contributed by atoms with Crippen molar-refractivity contribution in [1.29, 1.82) is 0 Å². The number of hydrogen-bond acceptors (Lipinski definition) is 2. The topological polar surface area (TPSA) is 42.3 Å². The average molecular weight is 397 g/mol. The summed E-state index contributed by atoms with van der Waals surface area (Å²) in [7, 11) is -3.57. The van der Waals surface area contributed by atoms with Gasteiger partial charge in [-0.05, 0) is 57.5 Å². The van der Waals surface area contributed by atoms with E-state index in [4.69, 9.17) is 0 Å². The number of benzene rings is 2. The van der Waals surface area contributed by atoms with Crippen LogP contribution in [0.25, 0.3) is 0 Å². The van der Waals surface area contributed by atoms with Crippen LogP contribution in [0.15, 0.2) is 71.8 Å². The van der Waals surface area contributed by atoms with Crippen LogP contribution in [-0.2, 0) is 23.1 Å². The quantitative estimate of drug-likeness (QED) is 0.578. The average Bonchev–Trinajstić information content (AvgIpc) is 3.08. The number of sulfonamides is 1. The summed E-state index contributed by atoms with van der Waals surface area (Å²) in [5.41, 5.74) is 4.44. The lowest BCUT2D eigenvalue weighted by Crippen LogP contribution is -2.37. The Morgan fingerprint density at radius 1 is 0.893 bits per heavy atom. The van der Waals surface area contributed by atoms with Gasteiger partial charge in [0.15, 0.2) is 0 Å². The maximum atomic E-state index is 13.2. The van der Waals surface area contributed by atoms with Gasteiger partial charge >= 0.3 is 0 Å². The van der Waals surface area contributed by atoms with E-state index < -0.39 is 10.0 Å². The third-order valence-electron chi connectivity index (χ3n) is 4.92. The third-order valence-corrected chi connectivity index (χ3v) is 6.95. The molecule has 0 radical (unpaired) electrons. The highest BCUT2D eigenvalue weighted by atomic mass is 32.2. The third kappa shape index (κ3) is 4.54. The summed E-state index contributed by atoms with van der Waals surface area (Å²) in [5, 5.41) is 0. The predicted octanol–water partition coefficient (Wildman–Crippen LogP) is 4.75. The molecule has 148 valence electrons. The summed E-state index contributed by atoms with van der Waals surface area (Å²) < 4.78 is 30.2. The van der Waals surface area contributed by atoms with E-state index in [1.807, 2.05) is 51.2 Å². The summed E-state index contributed by atoms with van der Waals surface area (Å²) in [6.07, 6.45) is 2.01. The van der Waals surface area contributed by atoms with Crippen molar-refractivity contribution >= 4 is 10.0 Å². The first-order valence-electron chi connectivity index (χ1n) is 9.55. The molecule has 0 bridgehead atoms. The van der Waals surface area contributed by atoms with Gasteiger partial charge in [-0.25, -0.2) is 8.42 Å². The minimum absolute atomic E-state index is 0.144. The Morgan fingerprint density at radius 3 is 2.04 bits per heavy atom. The van der Waals surface area contributed by atoms with Crippen molar-refractivity contribution < 1.29 is 8.42 Å². The van der Waals surface area contributed by atoms with Gasteiger partial charge in [-0.3, -0.25) is 0 Å². The molecule has 0 amide bonds. The fourth-order valence-corrected chi connectivity index (χ4v) is 4.80. The van der Waals surface area contributed by atoms with Gasteiger partial charge in [0.2, 0.25) is 10.0 Å². The van der Waals surface area contributed by atoms with Crippen LogP contribution in [0.2, 0.25) is 0 Å². The molecule has 0 saturated heterocycles. The molecule has 0 fully saturated rings. The van der Waals surface area contributed by atoms with Crippen molar-refractivity contribution in [2.45, 2.75) is 51.7 Å². The van der Waals surface area contributed by atoms with E-state index in [1.54, 1.807) is 16.4 Å². The summed E-state index contributed by atoms with van der Waals surface area (Å²) in [6, 6.07) is 19.3. The first kappa shape index (κ1) is 20.4. The van der Waals surface area contributed by atoms with E-state index >= 15 is 0 Å². The van der Waals surface area contributed by atoms with E-state index in [2.05, 4.69) is 35.8 Å². The van der Waals surface area contributed by atoms with Crippen molar-refractivity contribution in [2.24, 2.45) is 0 Å². The predicted molar refractivity (Wildman–Crippen MR) is 114 cm³/mol. The number of hydrogen-bond donors (Lipinski definition) is 0. The van der Waals surface area contributed by atoms with Gasteiger partial charge in [-0.1, -0.05) is 47.5 Å². The molecule has 2 aromatic carbocycles. The zero-order chi connectivity index (χ0) is 20.3. The van der Waals surface area contributed by atoms with Crippen molar-refractivity contribution in [2.75, 3.05) is 0 Å². The molecule has 28 heavy (non-hydrogen) atoms. The van der Waals surface area contributed by atoms with Gasteiger partial charge in [0, 0.05) is 24.5 Å². The van der Waals surface area contributed by atoms with E-state index in [0.717, 1.165) is 17.8 Å². The van der Waals surface area contributed by atoms with E-state index in [1.165, 1.54) is 11.1 Å². The maximum absolute atomic E-state index is 13.2. The molecule has 0 N–H and O–H groups in total. The lowest BCUT2D eigenvalue weighted by atomic mass is 10.1. The second-order valence-corrected chi connectivity index (χ2v) is 9.46. The Morgan fingerprint density at radius 2 is 1.46 bits per heavy atom. The minimum atomic E-state index is -3.57. The molecule has 3 rings (SSSR count). The van der Waals surface area contributed by atoms with Crippen LogP contribution < -0.4 is 0 Å². The fourth-order valence-electron chi connectivity index (χ4n) is 3.19. The number of nitrogens with zero attached hydrogens (tertiary/aromatic N) is 2. The summed E-state index contributed by atoms with van der Waals surface area (Å²) >= 11 is 0. The molecule has 0 aliphatic carbocycles. The van der Waals surface area contributed by atoms with Crippen LogP contribution in [0.1, 0.15) is 36.2 Å². The molecular weight excluding hydrogens is 368 g/mol. The molecule has 1 heterocycles. The van der Waals surface area contributed by atoms with Crippen LogP contribution in [0.5, 0.6) is 0 Å². The molecule has 1 aromatic heterocycles. The Bertz CT molecular complexity index is 1020. The number of aromatic nitrogens is 1. The lowest BCUT2D eigenvalue weighted by Gasteiger charge is -2.26. The SMILES string of the molecule is Cc1ccc(Cn2cccc2CN(C(C)C)S(=O)(=O)c2ccc(C)cc2)cc1. The molecule has 0 aliphatic heterocycles. The molecule has 3 aromatic rings. The van der Waals surface area contributed by atoms with Gasteiger partial charge in [0.1, 0.15) is 0 Å². The van der Waals surface area contributed by atoms with Crippen molar-refractivity contribution in [1.82, 2.24) is 8.87 Å². The molecule has 5 heteroatoms. The smallest absolute Gasteiger partial charge is 0.243 e. The van der Waals surface area contributed by atoms with Gasteiger partial charge in [-0.2, -0.15) is 4.31 Å². The monoisotopic (exact) mass is 396 g/mol. The van der Waals surface area contributed by atoms with Crippen LogP contribution in [-0.4, -0.2) is 23.3 Å². The zero-order valence-corrected chi connectivity index (χ0v) is 17.8. The Hall–Kier alpha value is -2.37. The molecule has 4 nitrogen and oxygen atoms in total. The molecule has 0 aliphatic rings. The lowest BCUT2D eigenvalue weighted by molar-refractivity contribution is 0.340. The zero-order valence-electron chi connectivity index (χ0n) is 17.0. The number of rotatable bonds is 7.